The number of para-hydroxylation sites is 1. The second kappa shape index (κ2) is 8.76. The molecule has 1 amide bonds. The average molecular weight is 418 g/mol. The van der Waals surface area contributed by atoms with Gasteiger partial charge in [0.2, 0.25) is 0 Å². The molecule has 4 rings (SSSR count). The number of nitrogens with zero attached hydrogens (tertiary/aromatic N) is 3. The number of hydrogen-bond donors (Lipinski definition) is 0. The van der Waals surface area contributed by atoms with Crippen molar-refractivity contribution in [1.82, 2.24) is 9.88 Å². The third kappa shape index (κ3) is 4.85. The van der Waals surface area contributed by atoms with Crippen molar-refractivity contribution in [2.45, 2.75) is 25.3 Å². The third-order valence-electron chi connectivity index (χ3n) is 5.58. The van der Waals surface area contributed by atoms with Gasteiger partial charge in [0.05, 0.1) is 11.1 Å². The molecule has 0 atom stereocenters. The maximum absolute atomic E-state index is 12.8. The van der Waals surface area contributed by atoms with E-state index in [1.807, 2.05) is 73.6 Å². The smallest absolute Gasteiger partial charge is 0.339 e. The van der Waals surface area contributed by atoms with Crippen LogP contribution in [0.1, 0.15) is 40.4 Å². The summed E-state index contributed by atoms with van der Waals surface area (Å²) in [6.07, 6.45) is 2.19. The Morgan fingerprint density at radius 1 is 1.03 bits per heavy atom. The lowest BCUT2D eigenvalue weighted by Crippen LogP contribution is -2.30. The van der Waals surface area contributed by atoms with Gasteiger partial charge in [0.1, 0.15) is 0 Å². The predicted octanol–water partition coefficient (Wildman–Crippen LogP) is 3.99. The lowest BCUT2D eigenvalue weighted by atomic mass is 10.1. The Labute approximate surface area is 182 Å². The summed E-state index contributed by atoms with van der Waals surface area (Å²) in [6.45, 7) is 0.161. The molecular weight excluding hydrogens is 390 g/mol. The Morgan fingerprint density at radius 3 is 2.42 bits per heavy atom. The molecule has 160 valence electrons. The highest BCUT2D eigenvalue weighted by atomic mass is 16.5. The highest BCUT2D eigenvalue weighted by molar-refractivity contribution is 6.04. The van der Waals surface area contributed by atoms with E-state index in [9.17, 15) is 9.59 Å². The first-order valence-electron chi connectivity index (χ1n) is 10.5. The largest absolute Gasteiger partial charge is 0.452 e. The Hall–Kier alpha value is -3.41. The number of anilines is 1. The minimum absolute atomic E-state index is 0.245. The number of pyridine rings is 1. The van der Waals surface area contributed by atoms with E-state index in [4.69, 9.17) is 4.74 Å². The van der Waals surface area contributed by atoms with Crippen LogP contribution in [0.15, 0.2) is 54.6 Å². The number of fused-ring (bicyclic) bond motifs is 1. The number of ether oxygens (including phenoxy) is 1. The SMILES string of the molecule is CN(Cc1ccc(N(C)C)cc1)C(=O)COC(=O)c1cc(C2CC2)nc2ccccc12. The minimum Gasteiger partial charge on any atom is -0.452 e. The van der Waals surface area contributed by atoms with Crippen LogP contribution in [0.5, 0.6) is 0 Å². The zero-order valence-corrected chi connectivity index (χ0v) is 18.2. The van der Waals surface area contributed by atoms with Gasteiger partial charge in [-0.2, -0.15) is 0 Å². The minimum atomic E-state index is -0.488. The second-order valence-corrected chi connectivity index (χ2v) is 8.27. The monoisotopic (exact) mass is 417 g/mol. The highest BCUT2D eigenvalue weighted by Crippen LogP contribution is 2.40. The van der Waals surface area contributed by atoms with E-state index < -0.39 is 5.97 Å². The van der Waals surface area contributed by atoms with Crippen molar-refractivity contribution >= 4 is 28.5 Å². The maximum Gasteiger partial charge on any atom is 0.339 e. The number of hydrogen-bond acceptors (Lipinski definition) is 5. The average Bonchev–Trinajstić information content (AvgIpc) is 3.62. The number of benzene rings is 2. The summed E-state index contributed by atoms with van der Waals surface area (Å²) in [5.41, 5.74) is 4.30. The number of amides is 1. The molecule has 6 heteroatoms. The van der Waals surface area contributed by atoms with Crippen LogP contribution in [0.2, 0.25) is 0 Å². The van der Waals surface area contributed by atoms with Crippen molar-refractivity contribution in [3.05, 3.63) is 71.4 Å². The van der Waals surface area contributed by atoms with Gasteiger partial charge in [0.25, 0.3) is 5.91 Å². The second-order valence-electron chi connectivity index (χ2n) is 8.27. The summed E-state index contributed by atoms with van der Waals surface area (Å²) in [6, 6.07) is 17.4. The van der Waals surface area contributed by atoms with E-state index in [0.29, 0.717) is 18.0 Å². The first-order chi connectivity index (χ1) is 14.9. The zero-order valence-electron chi connectivity index (χ0n) is 18.2. The van der Waals surface area contributed by atoms with Gasteiger partial charge in [-0.25, -0.2) is 4.79 Å². The van der Waals surface area contributed by atoms with Gasteiger partial charge in [-0.05, 0) is 42.7 Å². The Kier molecular flexibility index (Phi) is 5.89. The van der Waals surface area contributed by atoms with Crippen LogP contribution < -0.4 is 4.90 Å². The summed E-state index contributed by atoms with van der Waals surface area (Å²) < 4.78 is 5.40. The van der Waals surface area contributed by atoms with E-state index in [1.165, 1.54) is 0 Å². The van der Waals surface area contributed by atoms with Crippen LogP contribution in [-0.4, -0.2) is 49.5 Å². The molecule has 6 nitrogen and oxygen atoms in total. The van der Waals surface area contributed by atoms with Gasteiger partial charge in [0.15, 0.2) is 6.61 Å². The van der Waals surface area contributed by atoms with E-state index in [2.05, 4.69) is 4.98 Å². The summed E-state index contributed by atoms with van der Waals surface area (Å²) in [7, 11) is 5.68. The highest BCUT2D eigenvalue weighted by Gasteiger charge is 2.27. The summed E-state index contributed by atoms with van der Waals surface area (Å²) in [5, 5.41) is 0.749. The van der Waals surface area contributed by atoms with Crippen molar-refractivity contribution in [3.8, 4) is 0 Å². The molecule has 2 aromatic carbocycles. The molecule has 1 aromatic heterocycles. The van der Waals surface area contributed by atoms with Crippen molar-refractivity contribution in [2.75, 3.05) is 32.6 Å². The van der Waals surface area contributed by atoms with Crippen molar-refractivity contribution in [3.63, 3.8) is 0 Å². The van der Waals surface area contributed by atoms with Crippen molar-refractivity contribution < 1.29 is 14.3 Å². The van der Waals surface area contributed by atoms with Gasteiger partial charge in [-0.1, -0.05) is 30.3 Å². The summed E-state index contributed by atoms with van der Waals surface area (Å²) in [4.78, 5) is 33.6. The Balaban J connectivity index is 1.40. The lowest BCUT2D eigenvalue weighted by Gasteiger charge is -2.18. The van der Waals surface area contributed by atoms with Crippen molar-refractivity contribution in [1.29, 1.82) is 0 Å². The molecule has 1 saturated carbocycles. The van der Waals surface area contributed by atoms with E-state index in [-0.39, 0.29) is 12.5 Å². The summed E-state index contributed by atoms with van der Waals surface area (Å²) >= 11 is 0. The molecule has 0 radical (unpaired) electrons. The predicted molar refractivity (Wildman–Crippen MR) is 121 cm³/mol. The molecule has 0 N–H and O–H groups in total. The maximum atomic E-state index is 12.8. The van der Waals surface area contributed by atoms with Gasteiger partial charge >= 0.3 is 5.97 Å². The normalized spacial score (nSPS) is 13.1. The fourth-order valence-electron chi connectivity index (χ4n) is 3.53. The van der Waals surface area contributed by atoms with E-state index in [0.717, 1.165) is 40.7 Å². The third-order valence-corrected chi connectivity index (χ3v) is 5.58. The summed E-state index contributed by atoms with van der Waals surface area (Å²) in [5.74, 6) is -0.314. The van der Waals surface area contributed by atoms with E-state index in [1.54, 1.807) is 11.9 Å². The molecule has 0 aliphatic heterocycles. The first-order valence-corrected chi connectivity index (χ1v) is 10.5. The molecular formula is C25H27N3O3. The number of carbonyl (C=O) groups is 2. The zero-order chi connectivity index (χ0) is 22.0. The van der Waals surface area contributed by atoms with Crippen LogP contribution in [-0.2, 0) is 16.1 Å². The van der Waals surface area contributed by atoms with Crippen LogP contribution >= 0.6 is 0 Å². The number of rotatable bonds is 7. The topological polar surface area (TPSA) is 62.7 Å². The fourth-order valence-corrected chi connectivity index (χ4v) is 3.53. The van der Waals surface area contributed by atoms with Gasteiger partial charge in [-0.15, -0.1) is 0 Å². The van der Waals surface area contributed by atoms with Crippen LogP contribution in [0.3, 0.4) is 0 Å². The standard InChI is InChI=1S/C25H27N3O3/c1-27(2)19-12-8-17(9-13-19)15-28(3)24(29)16-31-25(30)21-14-23(18-10-11-18)26-22-7-5-4-6-20(21)22/h4-9,12-14,18H,10-11,15-16H2,1-3H3. The number of esters is 1. The molecule has 1 heterocycles. The molecule has 0 spiro atoms. The fraction of sp³-hybridized carbons (Fsp3) is 0.320. The first kappa shape index (κ1) is 20.8. The van der Waals surface area contributed by atoms with Gasteiger partial charge in [-0.3, -0.25) is 9.78 Å². The molecule has 1 aliphatic carbocycles. The molecule has 0 saturated heterocycles. The Bertz CT molecular complexity index is 1100. The molecule has 1 fully saturated rings. The van der Waals surface area contributed by atoms with Crippen LogP contribution in [0, 0.1) is 0 Å². The van der Waals surface area contributed by atoms with Crippen LogP contribution in [0.4, 0.5) is 5.69 Å². The van der Waals surface area contributed by atoms with E-state index >= 15 is 0 Å². The van der Waals surface area contributed by atoms with Crippen molar-refractivity contribution in [2.24, 2.45) is 0 Å². The molecule has 0 unspecified atom stereocenters. The number of likely N-dealkylation sites (N-methyl/N-ethyl adjacent to an activating group) is 1. The lowest BCUT2D eigenvalue weighted by molar-refractivity contribution is -0.133. The van der Waals surface area contributed by atoms with Gasteiger partial charge < -0.3 is 14.5 Å². The number of aromatic nitrogens is 1. The van der Waals surface area contributed by atoms with Gasteiger partial charge in [0, 0.05) is 50.4 Å². The molecule has 3 aromatic rings. The molecule has 31 heavy (non-hydrogen) atoms. The number of carbonyl (C=O) groups excluding carboxylic acids is 2. The Morgan fingerprint density at radius 2 is 1.74 bits per heavy atom. The quantitative estimate of drug-likeness (QED) is 0.544. The molecule has 0 bridgehead atoms. The molecule has 1 aliphatic rings. The van der Waals surface area contributed by atoms with Crippen LogP contribution in [0.25, 0.3) is 10.9 Å².